The summed E-state index contributed by atoms with van der Waals surface area (Å²) in [7, 11) is 0. The Morgan fingerprint density at radius 1 is 1.28 bits per heavy atom. The average Bonchev–Trinajstić information content (AvgIpc) is 2.36. The van der Waals surface area contributed by atoms with Crippen molar-refractivity contribution in [3.05, 3.63) is 58.1 Å². The molecule has 0 amide bonds. The Labute approximate surface area is 114 Å². The van der Waals surface area contributed by atoms with Crippen LogP contribution in [0, 0.1) is 0 Å². The van der Waals surface area contributed by atoms with Gasteiger partial charge in [0, 0.05) is 5.02 Å². The van der Waals surface area contributed by atoms with Crippen LogP contribution in [0.1, 0.15) is 16.1 Å². The number of carbonyl (C=O) groups excluding carboxylic acids is 1. The molecule has 0 radical (unpaired) electrons. The minimum atomic E-state index is -0.579. The molecule has 0 atom stereocenters. The third kappa shape index (κ3) is 3.42. The molecule has 1 aromatic carbocycles. The van der Waals surface area contributed by atoms with Gasteiger partial charge in [-0.25, -0.2) is 9.78 Å². The summed E-state index contributed by atoms with van der Waals surface area (Å²) in [5.41, 5.74) is 0.871. The minimum absolute atomic E-state index is 0.0736. The molecule has 4 nitrogen and oxygen atoms in total. The lowest BCUT2D eigenvalue weighted by atomic mass is 10.2. The largest absolute Gasteiger partial charge is 0.456 e. The Morgan fingerprint density at radius 3 is 2.83 bits per heavy atom. The summed E-state index contributed by atoms with van der Waals surface area (Å²) in [6.45, 7) is 0.119. The van der Waals surface area contributed by atoms with Gasteiger partial charge < -0.3 is 4.74 Å². The number of benzene rings is 1. The highest BCUT2D eigenvalue weighted by Crippen LogP contribution is 2.12. The van der Waals surface area contributed by atoms with Gasteiger partial charge in [0.15, 0.2) is 5.69 Å². The van der Waals surface area contributed by atoms with E-state index in [1.54, 1.807) is 18.2 Å². The third-order valence-corrected chi connectivity index (χ3v) is 2.49. The summed E-state index contributed by atoms with van der Waals surface area (Å²) >= 11 is 11.4. The number of halogens is 2. The highest BCUT2D eigenvalue weighted by Gasteiger charge is 2.10. The van der Waals surface area contributed by atoms with Crippen LogP contribution < -0.4 is 0 Å². The fourth-order valence-electron chi connectivity index (χ4n) is 1.29. The van der Waals surface area contributed by atoms with Gasteiger partial charge in [0.2, 0.25) is 0 Å². The minimum Gasteiger partial charge on any atom is -0.456 e. The average molecular weight is 283 g/mol. The fourth-order valence-corrected chi connectivity index (χ4v) is 1.65. The molecule has 0 fully saturated rings. The molecule has 1 aromatic heterocycles. The second-order valence-corrected chi connectivity index (χ2v) is 4.26. The maximum absolute atomic E-state index is 11.6. The van der Waals surface area contributed by atoms with E-state index in [0.29, 0.717) is 5.02 Å². The summed E-state index contributed by atoms with van der Waals surface area (Å²) in [4.78, 5) is 19.2. The molecule has 92 valence electrons. The molecule has 0 unspecified atom stereocenters. The molecule has 2 rings (SSSR count). The fraction of sp³-hybridized carbons (Fsp3) is 0.0833. The summed E-state index contributed by atoms with van der Waals surface area (Å²) in [5.74, 6) is -0.579. The Morgan fingerprint density at radius 2 is 2.11 bits per heavy atom. The van der Waals surface area contributed by atoms with Crippen LogP contribution in [0.25, 0.3) is 0 Å². The molecular formula is C12H8Cl2N2O2. The molecule has 0 aliphatic carbocycles. The van der Waals surface area contributed by atoms with Gasteiger partial charge in [0.1, 0.15) is 11.8 Å². The van der Waals surface area contributed by atoms with Crippen molar-refractivity contribution in [1.29, 1.82) is 0 Å². The molecule has 0 aliphatic rings. The first-order valence-electron chi connectivity index (χ1n) is 5.04. The number of carbonyl (C=O) groups is 1. The zero-order chi connectivity index (χ0) is 13.0. The Bertz CT molecular complexity index is 576. The number of rotatable bonds is 3. The standard InChI is InChI=1S/C12H8Cl2N2O2/c13-9-3-1-2-8(4-9)7-18-12(17)10-5-15-6-11(14)16-10/h1-6H,7H2. The smallest absolute Gasteiger partial charge is 0.358 e. The third-order valence-electron chi connectivity index (χ3n) is 2.07. The van der Waals surface area contributed by atoms with Gasteiger partial charge in [-0.05, 0) is 17.7 Å². The molecule has 0 N–H and O–H groups in total. The molecule has 0 bridgehead atoms. The van der Waals surface area contributed by atoms with E-state index in [-0.39, 0.29) is 17.5 Å². The van der Waals surface area contributed by atoms with Gasteiger partial charge in [0.05, 0.1) is 12.4 Å². The van der Waals surface area contributed by atoms with Crippen molar-refractivity contribution in [3.63, 3.8) is 0 Å². The van der Waals surface area contributed by atoms with Crippen LogP contribution in [0.15, 0.2) is 36.7 Å². The predicted octanol–water partition coefficient (Wildman–Crippen LogP) is 3.14. The SMILES string of the molecule is O=C(OCc1cccc(Cl)c1)c1cncc(Cl)n1. The number of esters is 1. The van der Waals surface area contributed by atoms with Crippen molar-refractivity contribution in [2.24, 2.45) is 0 Å². The van der Waals surface area contributed by atoms with E-state index in [1.165, 1.54) is 12.4 Å². The number of hydrogen-bond donors (Lipinski definition) is 0. The quantitative estimate of drug-likeness (QED) is 0.812. The molecule has 0 spiro atoms. The molecule has 1 heterocycles. The normalized spacial score (nSPS) is 10.1. The van der Waals surface area contributed by atoms with Crippen LogP contribution in [-0.4, -0.2) is 15.9 Å². The van der Waals surface area contributed by atoms with Gasteiger partial charge in [0.25, 0.3) is 0 Å². The lowest BCUT2D eigenvalue weighted by Gasteiger charge is -2.04. The summed E-state index contributed by atoms with van der Waals surface area (Å²) in [5, 5.41) is 0.735. The molecule has 0 saturated carbocycles. The molecule has 0 saturated heterocycles. The van der Waals surface area contributed by atoms with Crippen LogP contribution >= 0.6 is 23.2 Å². The van der Waals surface area contributed by atoms with Crippen LogP contribution in [0.3, 0.4) is 0 Å². The van der Waals surface area contributed by atoms with Gasteiger partial charge in [-0.1, -0.05) is 35.3 Å². The number of aromatic nitrogens is 2. The maximum atomic E-state index is 11.6. The van der Waals surface area contributed by atoms with E-state index in [1.807, 2.05) is 6.07 Å². The lowest BCUT2D eigenvalue weighted by molar-refractivity contribution is 0.0465. The zero-order valence-electron chi connectivity index (χ0n) is 9.14. The first-order chi connectivity index (χ1) is 8.65. The van der Waals surface area contributed by atoms with Crippen molar-refractivity contribution in [1.82, 2.24) is 9.97 Å². The van der Waals surface area contributed by atoms with Crippen molar-refractivity contribution in [2.45, 2.75) is 6.61 Å². The highest BCUT2D eigenvalue weighted by atomic mass is 35.5. The van der Waals surface area contributed by atoms with Crippen LogP contribution in [0.4, 0.5) is 0 Å². The molecular weight excluding hydrogens is 275 g/mol. The van der Waals surface area contributed by atoms with E-state index >= 15 is 0 Å². The van der Waals surface area contributed by atoms with Crippen molar-refractivity contribution < 1.29 is 9.53 Å². The van der Waals surface area contributed by atoms with Gasteiger partial charge in [-0.3, -0.25) is 4.98 Å². The van der Waals surface area contributed by atoms with Crippen LogP contribution in [-0.2, 0) is 11.3 Å². The van der Waals surface area contributed by atoms with Gasteiger partial charge in [-0.2, -0.15) is 0 Å². The second kappa shape index (κ2) is 5.80. The Hall–Kier alpha value is -1.65. The van der Waals surface area contributed by atoms with Crippen molar-refractivity contribution in [3.8, 4) is 0 Å². The Kier molecular flexibility index (Phi) is 4.12. The first-order valence-corrected chi connectivity index (χ1v) is 5.80. The maximum Gasteiger partial charge on any atom is 0.358 e. The summed E-state index contributed by atoms with van der Waals surface area (Å²) in [6.07, 6.45) is 2.64. The van der Waals surface area contributed by atoms with Crippen molar-refractivity contribution in [2.75, 3.05) is 0 Å². The number of nitrogens with zero attached hydrogens (tertiary/aromatic N) is 2. The lowest BCUT2D eigenvalue weighted by Crippen LogP contribution is -2.08. The highest BCUT2D eigenvalue weighted by molar-refractivity contribution is 6.30. The number of ether oxygens (including phenoxy) is 1. The molecule has 0 aliphatic heterocycles. The number of hydrogen-bond acceptors (Lipinski definition) is 4. The first kappa shape index (κ1) is 12.8. The van der Waals surface area contributed by atoms with Gasteiger partial charge >= 0.3 is 5.97 Å². The van der Waals surface area contributed by atoms with E-state index in [4.69, 9.17) is 27.9 Å². The van der Waals surface area contributed by atoms with E-state index in [0.717, 1.165) is 5.56 Å². The van der Waals surface area contributed by atoms with Gasteiger partial charge in [-0.15, -0.1) is 0 Å². The van der Waals surface area contributed by atoms with E-state index in [2.05, 4.69) is 9.97 Å². The van der Waals surface area contributed by atoms with E-state index in [9.17, 15) is 4.79 Å². The molecule has 18 heavy (non-hydrogen) atoms. The zero-order valence-corrected chi connectivity index (χ0v) is 10.6. The van der Waals surface area contributed by atoms with Crippen molar-refractivity contribution >= 4 is 29.2 Å². The second-order valence-electron chi connectivity index (χ2n) is 3.43. The molecule has 2 aromatic rings. The summed E-state index contributed by atoms with van der Waals surface area (Å²) in [6, 6.07) is 7.06. The van der Waals surface area contributed by atoms with Crippen LogP contribution in [0.5, 0.6) is 0 Å². The monoisotopic (exact) mass is 282 g/mol. The topological polar surface area (TPSA) is 52.1 Å². The molecule has 6 heteroatoms. The predicted molar refractivity (Wildman–Crippen MR) is 67.6 cm³/mol. The van der Waals surface area contributed by atoms with E-state index < -0.39 is 5.97 Å². The van der Waals surface area contributed by atoms with Crippen LogP contribution in [0.2, 0.25) is 10.2 Å². The Balaban J connectivity index is 2.00. The summed E-state index contributed by atoms with van der Waals surface area (Å²) < 4.78 is 5.07.